The number of para-hydroxylation sites is 4. The quantitative estimate of drug-likeness (QED) is 0.196. The van der Waals surface area contributed by atoms with Crippen molar-refractivity contribution in [2.45, 2.75) is 0 Å². The first-order chi connectivity index (χ1) is 22.3. The van der Waals surface area contributed by atoms with E-state index in [2.05, 4.69) is 161 Å². The highest BCUT2D eigenvalue weighted by molar-refractivity contribution is 6.28. The summed E-state index contributed by atoms with van der Waals surface area (Å²) in [6.07, 6.45) is 0. The predicted octanol–water partition coefficient (Wildman–Crippen LogP) is 11.8. The number of nitrogens with zero attached hydrogens (tertiary/aromatic N) is 2. The van der Waals surface area contributed by atoms with Gasteiger partial charge in [0.15, 0.2) is 5.58 Å². The summed E-state index contributed by atoms with van der Waals surface area (Å²) in [6.45, 7) is 0. The highest BCUT2D eigenvalue weighted by atomic mass is 16.3. The Morgan fingerprint density at radius 1 is 0.422 bits per heavy atom. The zero-order chi connectivity index (χ0) is 29.5. The number of benzene rings is 8. The standard InChI is InChI=1S/C42H26N2O/c1-2-12-29(13-3-1)43(38-19-10-17-36-33-16-7-9-20-39(33)45-42(36)38)44-37-18-8-6-15-32(37)35-26-23-28-22-24-31-30-14-5-4-11-27(30)21-25-34(31)40(28)41(35)44/h1-26H. The lowest BCUT2D eigenvalue weighted by Crippen LogP contribution is -2.24. The third-order valence-corrected chi connectivity index (χ3v) is 9.33. The summed E-state index contributed by atoms with van der Waals surface area (Å²) in [7, 11) is 0. The van der Waals surface area contributed by atoms with Gasteiger partial charge in [0.2, 0.25) is 0 Å². The molecule has 3 nitrogen and oxygen atoms in total. The second kappa shape index (κ2) is 9.22. The van der Waals surface area contributed by atoms with Gasteiger partial charge in [-0.05, 0) is 57.3 Å². The van der Waals surface area contributed by atoms with Crippen LogP contribution in [-0.4, -0.2) is 4.68 Å². The Morgan fingerprint density at radius 3 is 1.98 bits per heavy atom. The van der Waals surface area contributed by atoms with Crippen molar-refractivity contribution in [2.75, 3.05) is 5.01 Å². The highest BCUT2D eigenvalue weighted by Gasteiger charge is 2.24. The third-order valence-electron chi connectivity index (χ3n) is 9.33. The first-order valence-electron chi connectivity index (χ1n) is 15.4. The number of rotatable bonds is 3. The lowest BCUT2D eigenvalue weighted by Gasteiger charge is -2.28. The molecule has 0 aliphatic rings. The SMILES string of the molecule is c1ccc(N(c2cccc3c2oc2ccccc23)n2c3ccccc3c3ccc4ccc5c6ccccc6ccc5c4c32)cc1. The van der Waals surface area contributed by atoms with Gasteiger partial charge in [-0.25, -0.2) is 9.69 Å². The molecule has 0 aliphatic carbocycles. The summed E-state index contributed by atoms with van der Waals surface area (Å²) in [5.74, 6) is 0. The Balaban J connectivity index is 1.42. The summed E-state index contributed by atoms with van der Waals surface area (Å²) in [4.78, 5) is 0. The van der Waals surface area contributed by atoms with E-state index in [1.54, 1.807) is 0 Å². The van der Waals surface area contributed by atoms with Crippen LogP contribution in [0.2, 0.25) is 0 Å². The molecule has 0 spiro atoms. The van der Waals surface area contributed by atoms with E-state index < -0.39 is 0 Å². The van der Waals surface area contributed by atoms with Gasteiger partial charge >= 0.3 is 0 Å². The van der Waals surface area contributed by atoms with Gasteiger partial charge in [-0.2, -0.15) is 0 Å². The van der Waals surface area contributed by atoms with Crippen molar-refractivity contribution < 1.29 is 4.42 Å². The Hall–Kier alpha value is -6.06. The van der Waals surface area contributed by atoms with Gasteiger partial charge in [-0.1, -0.05) is 127 Å². The van der Waals surface area contributed by atoms with Gasteiger partial charge in [0.05, 0.1) is 16.7 Å². The third kappa shape index (κ3) is 3.41. The maximum atomic E-state index is 6.66. The molecule has 45 heavy (non-hydrogen) atoms. The Kier molecular flexibility index (Phi) is 5.00. The monoisotopic (exact) mass is 574 g/mol. The zero-order valence-electron chi connectivity index (χ0n) is 24.3. The molecule has 0 bridgehead atoms. The molecule has 0 radical (unpaired) electrons. The van der Waals surface area contributed by atoms with Gasteiger partial charge in [0, 0.05) is 26.9 Å². The molecule has 0 fully saturated rings. The molecule has 10 aromatic rings. The fourth-order valence-corrected chi connectivity index (χ4v) is 7.38. The van der Waals surface area contributed by atoms with Crippen LogP contribution >= 0.6 is 0 Å². The minimum atomic E-state index is 0.865. The molecule has 0 amide bonds. The Bertz CT molecular complexity index is 2770. The van der Waals surface area contributed by atoms with Gasteiger partial charge in [0.25, 0.3) is 0 Å². The van der Waals surface area contributed by atoms with Crippen LogP contribution < -0.4 is 5.01 Å². The largest absolute Gasteiger partial charge is 0.454 e. The molecule has 3 heteroatoms. The van der Waals surface area contributed by atoms with Crippen molar-refractivity contribution in [2.24, 2.45) is 0 Å². The van der Waals surface area contributed by atoms with Crippen LogP contribution in [0.3, 0.4) is 0 Å². The molecule has 0 aliphatic heterocycles. The van der Waals surface area contributed by atoms with Crippen LogP contribution in [0.25, 0.3) is 76.1 Å². The molecule has 2 heterocycles. The van der Waals surface area contributed by atoms with Gasteiger partial charge in [0.1, 0.15) is 11.3 Å². The minimum absolute atomic E-state index is 0.865. The molecule has 10 rings (SSSR count). The number of fused-ring (bicyclic) bond motifs is 12. The van der Waals surface area contributed by atoms with Gasteiger partial charge < -0.3 is 4.42 Å². The first kappa shape index (κ1) is 24.4. The molecule has 0 unspecified atom stereocenters. The Labute approximate surface area is 258 Å². The molecular weight excluding hydrogens is 548 g/mol. The number of furan rings is 1. The van der Waals surface area contributed by atoms with E-state index in [1.165, 1.54) is 48.6 Å². The fraction of sp³-hybridized carbons (Fsp3) is 0. The van der Waals surface area contributed by atoms with Crippen LogP contribution in [0.15, 0.2) is 162 Å². The first-order valence-corrected chi connectivity index (χ1v) is 15.4. The molecular formula is C42H26N2O. The van der Waals surface area contributed by atoms with E-state index >= 15 is 0 Å². The average molecular weight is 575 g/mol. The van der Waals surface area contributed by atoms with E-state index in [4.69, 9.17) is 4.42 Å². The number of aromatic nitrogens is 1. The predicted molar refractivity (Wildman–Crippen MR) is 190 cm³/mol. The molecule has 0 N–H and O–H groups in total. The summed E-state index contributed by atoms with van der Waals surface area (Å²) in [6, 6.07) is 56.5. The summed E-state index contributed by atoms with van der Waals surface area (Å²) >= 11 is 0. The van der Waals surface area contributed by atoms with E-state index in [9.17, 15) is 0 Å². The number of hydrogen-bond donors (Lipinski definition) is 0. The lowest BCUT2D eigenvalue weighted by molar-refractivity contribution is 0.666. The van der Waals surface area contributed by atoms with Crippen molar-refractivity contribution in [3.63, 3.8) is 0 Å². The summed E-state index contributed by atoms with van der Waals surface area (Å²) in [5.41, 5.74) is 6.10. The van der Waals surface area contributed by atoms with E-state index in [0.717, 1.165) is 38.8 Å². The maximum Gasteiger partial charge on any atom is 0.161 e. The highest BCUT2D eigenvalue weighted by Crippen LogP contribution is 2.44. The Morgan fingerprint density at radius 2 is 1.09 bits per heavy atom. The van der Waals surface area contributed by atoms with Crippen molar-refractivity contribution in [1.82, 2.24) is 4.68 Å². The van der Waals surface area contributed by atoms with Crippen molar-refractivity contribution in [3.8, 4) is 0 Å². The second-order valence-corrected chi connectivity index (χ2v) is 11.7. The molecule has 8 aromatic carbocycles. The van der Waals surface area contributed by atoms with E-state index in [0.29, 0.717) is 0 Å². The van der Waals surface area contributed by atoms with Crippen molar-refractivity contribution in [1.29, 1.82) is 0 Å². The maximum absolute atomic E-state index is 6.66. The van der Waals surface area contributed by atoms with Crippen molar-refractivity contribution >= 4 is 87.4 Å². The van der Waals surface area contributed by atoms with Crippen LogP contribution in [0, 0.1) is 0 Å². The van der Waals surface area contributed by atoms with Crippen LogP contribution in [0.5, 0.6) is 0 Å². The smallest absolute Gasteiger partial charge is 0.161 e. The summed E-state index contributed by atoms with van der Waals surface area (Å²) < 4.78 is 9.07. The van der Waals surface area contributed by atoms with Crippen LogP contribution in [0.1, 0.15) is 0 Å². The lowest BCUT2D eigenvalue weighted by atomic mass is 9.95. The molecule has 0 saturated carbocycles. The molecule has 0 atom stereocenters. The van der Waals surface area contributed by atoms with Crippen LogP contribution in [0.4, 0.5) is 11.4 Å². The van der Waals surface area contributed by atoms with Gasteiger partial charge in [-0.15, -0.1) is 0 Å². The van der Waals surface area contributed by atoms with Crippen molar-refractivity contribution in [3.05, 3.63) is 158 Å². The zero-order valence-corrected chi connectivity index (χ0v) is 24.3. The fourth-order valence-electron chi connectivity index (χ4n) is 7.38. The molecule has 210 valence electrons. The molecule has 2 aromatic heterocycles. The minimum Gasteiger partial charge on any atom is -0.454 e. The number of anilines is 2. The summed E-state index contributed by atoms with van der Waals surface area (Å²) in [5, 5.41) is 14.5. The van der Waals surface area contributed by atoms with Gasteiger partial charge in [-0.3, -0.25) is 0 Å². The number of hydrogen-bond acceptors (Lipinski definition) is 2. The average Bonchev–Trinajstić information content (AvgIpc) is 3.65. The normalized spacial score (nSPS) is 12.0. The molecule has 0 saturated heterocycles. The second-order valence-electron chi connectivity index (χ2n) is 11.7. The van der Waals surface area contributed by atoms with E-state index in [1.807, 2.05) is 6.07 Å². The van der Waals surface area contributed by atoms with E-state index in [-0.39, 0.29) is 0 Å². The topological polar surface area (TPSA) is 21.3 Å². The van der Waals surface area contributed by atoms with Crippen LogP contribution in [-0.2, 0) is 0 Å².